The molecule has 1 heterocycles. The van der Waals surface area contributed by atoms with Gasteiger partial charge in [-0.1, -0.05) is 6.92 Å². The number of hydrogen-bond donors (Lipinski definition) is 2. The maximum atomic E-state index is 10.6. The van der Waals surface area contributed by atoms with Gasteiger partial charge in [0.05, 0.1) is 5.92 Å². The van der Waals surface area contributed by atoms with Crippen molar-refractivity contribution in [2.24, 2.45) is 5.92 Å². The number of carbonyl (C=O) groups is 1. The van der Waals surface area contributed by atoms with Crippen LogP contribution in [-0.4, -0.2) is 60.8 Å². The second-order valence-corrected chi connectivity index (χ2v) is 3.89. The number of nitrogens with zero attached hydrogens (tertiary/aromatic N) is 2. The molecular weight excluding hydrogens is 182 g/mol. The molecule has 1 rings (SSSR count). The average Bonchev–Trinajstić information content (AvgIpc) is 2.16. The van der Waals surface area contributed by atoms with Crippen molar-refractivity contribution >= 4 is 5.97 Å². The van der Waals surface area contributed by atoms with E-state index < -0.39 is 5.97 Å². The van der Waals surface area contributed by atoms with Gasteiger partial charge in [0, 0.05) is 32.7 Å². The number of aliphatic carboxylic acids is 1. The first kappa shape index (κ1) is 11.4. The number of likely N-dealkylation sites (N-methyl/N-ethyl adjacent to an activating group) is 1. The van der Waals surface area contributed by atoms with Crippen LogP contribution < -0.4 is 5.43 Å². The Labute approximate surface area is 84.6 Å². The van der Waals surface area contributed by atoms with Crippen molar-refractivity contribution in [1.82, 2.24) is 15.3 Å². The first-order chi connectivity index (χ1) is 6.59. The standard InChI is InChI=1S/C9H19N3O2/c1-8(9(13)14)7-10-12-5-3-11(2)4-6-12/h8,10H,3-7H2,1-2H3,(H,13,14). The molecule has 1 saturated heterocycles. The van der Waals surface area contributed by atoms with E-state index in [0.717, 1.165) is 26.2 Å². The summed E-state index contributed by atoms with van der Waals surface area (Å²) < 4.78 is 0. The van der Waals surface area contributed by atoms with Gasteiger partial charge in [0.2, 0.25) is 0 Å². The van der Waals surface area contributed by atoms with Gasteiger partial charge < -0.3 is 10.0 Å². The molecule has 1 atom stereocenters. The number of hydrogen-bond acceptors (Lipinski definition) is 4. The molecule has 5 nitrogen and oxygen atoms in total. The summed E-state index contributed by atoms with van der Waals surface area (Å²) in [6, 6.07) is 0. The SMILES string of the molecule is CC(CNN1CCN(C)CC1)C(=O)O. The van der Waals surface area contributed by atoms with Crippen LogP contribution in [0.5, 0.6) is 0 Å². The monoisotopic (exact) mass is 201 g/mol. The number of nitrogens with one attached hydrogen (secondary N) is 1. The van der Waals surface area contributed by atoms with Gasteiger partial charge >= 0.3 is 5.97 Å². The van der Waals surface area contributed by atoms with Gasteiger partial charge in [-0.2, -0.15) is 0 Å². The number of hydrazine groups is 1. The maximum Gasteiger partial charge on any atom is 0.307 e. The summed E-state index contributed by atoms with van der Waals surface area (Å²) in [5.41, 5.74) is 3.15. The number of carboxylic acid groups (broad SMARTS) is 1. The molecule has 0 aliphatic carbocycles. The lowest BCUT2D eigenvalue weighted by atomic mass is 10.2. The van der Waals surface area contributed by atoms with E-state index in [1.54, 1.807) is 6.92 Å². The second kappa shape index (κ2) is 5.29. The molecule has 0 aromatic rings. The van der Waals surface area contributed by atoms with E-state index in [9.17, 15) is 4.79 Å². The van der Waals surface area contributed by atoms with E-state index in [0.29, 0.717) is 6.54 Å². The smallest absolute Gasteiger partial charge is 0.307 e. The molecule has 1 unspecified atom stereocenters. The van der Waals surface area contributed by atoms with Gasteiger partial charge in [-0.25, -0.2) is 5.01 Å². The average molecular weight is 201 g/mol. The first-order valence-electron chi connectivity index (χ1n) is 4.99. The zero-order valence-corrected chi connectivity index (χ0v) is 8.86. The molecule has 2 N–H and O–H groups in total. The molecule has 82 valence electrons. The minimum Gasteiger partial charge on any atom is -0.481 e. The highest BCUT2D eigenvalue weighted by atomic mass is 16.4. The fraction of sp³-hybridized carbons (Fsp3) is 0.889. The van der Waals surface area contributed by atoms with Crippen LogP contribution in [0.1, 0.15) is 6.92 Å². The summed E-state index contributed by atoms with van der Waals surface area (Å²) in [4.78, 5) is 12.8. The number of rotatable bonds is 4. The van der Waals surface area contributed by atoms with Gasteiger partial charge in [-0.15, -0.1) is 0 Å². The fourth-order valence-electron chi connectivity index (χ4n) is 1.32. The zero-order valence-electron chi connectivity index (χ0n) is 8.86. The molecule has 1 aliphatic heterocycles. The molecule has 1 fully saturated rings. The van der Waals surface area contributed by atoms with Crippen LogP contribution in [-0.2, 0) is 4.79 Å². The Morgan fingerprint density at radius 1 is 1.43 bits per heavy atom. The Morgan fingerprint density at radius 3 is 2.50 bits per heavy atom. The van der Waals surface area contributed by atoms with Crippen molar-refractivity contribution in [3.05, 3.63) is 0 Å². The van der Waals surface area contributed by atoms with Crippen LogP contribution in [0, 0.1) is 5.92 Å². The molecule has 0 aromatic carbocycles. The van der Waals surface area contributed by atoms with Crippen molar-refractivity contribution in [3.63, 3.8) is 0 Å². The second-order valence-electron chi connectivity index (χ2n) is 3.89. The Morgan fingerprint density at radius 2 is 2.00 bits per heavy atom. The summed E-state index contributed by atoms with van der Waals surface area (Å²) in [6.07, 6.45) is 0. The van der Waals surface area contributed by atoms with E-state index in [-0.39, 0.29) is 5.92 Å². The van der Waals surface area contributed by atoms with Crippen LogP contribution in [0.3, 0.4) is 0 Å². The third-order valence-electron chi connectivity index (χ3n) is 2.55. The van der Waals surface area contributed by atoms with Crippen molar-refractivity contribution in [3.8, 4) is 0 Å². The third-order valence-corrected chi connectivity index (χ3v) is 2.55. The molecule has 5 heteroatoms. The first-order valence-corrected chi connectivity index (χ1v) is 4.99. The van der Waals surface area contributed by atoms with Crippen molar-refractivity contribution < 1.29 is 9.90 Å². The molecule has 0 saturated carbocycles. The van der Waals surface area contributed by atoms with Crippen molar-refractivity contribution in [1.29, 1.82) is 0 Å². The predicted molar refractivity (Wildman–Crippen MR) is 53.9 cm³/mol. The number of piperazine rings is 1. The third kappa shape index (κ3) is 3.61. The summed E-state index contributed by atoms with van der Waals surface area (Å²) in [7, 11) is 2.09. The Balaban J connectivity index is 2.16. The quantitative estimate of drug-likeness (QED) is 0.640. The summed E-state index contributed by atoms with van der Waals surface area (Å²) in [6.45, 7) is 6.22. The van der Waals surface area contributed by atoms with E-state index in [1.165, 1.54) is 0 Å². The molecule has 1 aliphatic rings. The highest BCUT2D eigenvalue weighted by Gasteiger charge is 2.16. The topological polar surface area (TPSA) is 55.8 Å². The molecule has 14 heavy (non-hydrogen) atoms. The van der Waals surface area contributed by atoms with Gasteiger partial charge in [-0.3, -0.25) is 10.2 Å². The molecule has 0 spiro atoms. The largest absolute Gasteiger partial charge is 0.481 e. The van der Waals surface area contributed by atoms with Crippen LogP contribution in [0.4, 0.5) is 0 Å². The lowest BCUT2D eigenvalue weighted by Gasteiger charge is -2.33. The highest BCUT2D eigenvalue weighted by molar-refractivity contribution is 5.69. The van der Waals surface area contributed by atoms with Gasteiger partial charge in [0.25, 0.3) is 0 Å². The van der Waals surface area contributed by atoms with Crippen LogP contribution >= 0.6 is 0 Å². The highest BCUT2D eigenvalue weighted by Crippen LogP contribution is 1.97. The van der Waals surface area contributed by atoms with Crippen LogP contribution in [0.15, 0.2) is 0 Å². The maximum absolute atomic E-state index is 10.6. The Bertz CT molecular complexity index is 190. The van der Waals surface area contributed by atoms with Crippen molar-refractivity contribution in [2.75, 3.05) is 39.8 Å². The normalized spacial score (nSPS) is 22.1. The zero-order chi connectivity index (χ0) is 10.6. The Hall–Kier alpha value is -0.650. The lowest BCUT2D eigenvalue weighted by Crippen LogP contribution is -2.52. The van der Waals surface area contributed by atoms with E-state index in [1.807, 2.05) is 0 Å². The molecular formula is C9H19N3O2. The van der Waals surface area contributed by atoms with Gasteiger partial charge in [-0.05, 0) is 7.05 Å². The minimum atomic E-state index is -0.744. The number of carboxylic acids is 1. The summed E-state index contributed by atoms with van der Waals surface area (Å²) in [5, 5.41) is 10.8. The Kier molecular flexibility index (Phi) is 4.31. The van der Waals surface area contributed by atoms with E-state index >= 15 is 0 Å². The molecule has 0 aromatic heterocycles. The predicted octanol–water partition coefficient (Wildman–Crippen LogP) is -0.541. The van der Waals surface area contributed by atoms with E-state index in [4.69, 9.17) is 5.11 Å². The fourth-order valence-corrected chi connectivity index (χ4v) is 1.32. The van der Waals surface area contributed by atoms with Gasteiger partial charge in [0.15, 0.2) is 0 Å². The van der Waals surface area contributed by atoms with Crippen LogP contribution in [0.2, 0.25) is 0 Å². The summed E-state index contributed by atoms with van der Waals surface area (Å²) in [5.74, 6) is -1.07. The minimum absolute atomic E-state index is 0.324. The van der Waals surface area contributed by atoms with Crippen molar-refractivity contribution in [2.45, 2.75) is 6.92 Å². The molecule has 0 radical (unpaired) electrons. The van der Waals surface area contributed by atoms with Gasteiger partial charge in [0.1, 0.15) is 0 Å². The molecule has 0 bridgehead atoms. The summed E-state index contributed by atoms with van der Waals surface area (Å²) >= 11 is 0. The van der Waals surface area contributed by atoms with Crippen LogP contribution in [0.25, 0.3) is 0 Å². The lowest BCUT2D eigenvalue weighted by molar-refractivity contribution is -0.141. The van der Waals surface area contributed by atoms with E-state index in [2.05, 4.69) is 22.4 Å². The molecule has 0 amide bonds.